The predicted octanol–water partition coefficient (Wildman–Crippen LogP) is 3.52. The van der Waals surface area contributed by atoms with Crippen molar-refractivity contribution in [3.8, 4) is 16.9 Å². The molecule has 0 radical (unpaired) electrons. The Morgan fingerprint density at radius 3 is 2.84 bits per heavy atom. The first kappa shape index (κ1) is 17.3. The number of carbonyl (C=O) groups is 1. The number of nitrogens with zero attached hydrogens (tertiary/aromatic N) is 1. The Morgan fingerprint density at radius 1 is 1.20 bits per heavy atom. The summed E-state index contributed by atoms with van der Waals surface area (Å²) in [6.07, 6.45) is 1.79. The van der Waals surface area contributed by atoms with Gasteiger partial charge in [0.15, 0.2) is 0 Å². The summed E-state index contributed by atoms with van der Waals surface area (Å²) in [5.41, 5.74) is 4.14. The number of fused-ring (bicyclic) bond motifs is 1. The Kier molecular flexibility index (Phi) is 5.56. The zero-order valence-electron chi connectivity index (χ0n) is 14.5. The Hall–Kier alpha value is -2.53. The number of aliphatic hydroxyl groups is 1. The second kappa shape index (κ2) is 8.03. The molecule has 25 heavy (non-hydrogen) atoms. The van der Waals surface area contributed by atoms with Gasteiger partial charge in [0, 0.05) is 25.2 Å². The highest BCUT2D eigenvalue weighted by atomic mass is 16.5. The molecule has 2 aromatic rings. The molecule has 5 heteroatoms. The van der Waals surface area contributed by atoms with Crippen molar-refractivity contribution in [1.29, 1.82) is 0 Å². The molecule has 0 bridgehead atoms. The maximum Gasteiger partial charge on any atom is 0.321 e. The molecule has 1 heterocycles. The summed E-state index contributed by atoms with van der Waals surface area (Å²) < 4.78 is 5.56. The summed E-state index contributed by atoms with van der Waals surface area (Å²) >= 11 is 0. The van der Waals surface area contributed by atoms with E-state index < -0.39 is 0 Å². The molecule has 0 fully saturated rings. The van der Waals surface area contributed by atoms with Gasteiger partial charge in [0.2, 0.25) is 0 Å². The molecule has 0 aliphatic carbocycles. The second-order valence-electron chi connectivity index (χ2n) is 6.14. The van der Waals surface area contributed by atoms with E-state index in [9.17, 15) is 4.79 Å². The molecule has 0 atom stereocenters. The normalized spacial score (nSPS) is 12.4. The van der Waals surface area contributed by atoms with E-state index in [0.717, 1.165) is 42.0 Å². The molecule has 0 spiro atoms. The number of hydrogen-bond donors (Lipinski definition) is 2. The van der Waals surface area contributed by atoms with Crippen LogP contribution in [0.3, 0.4) is 0 Å². The van der Waals surface area contributed by atoms with E-state index in [4.69, 9.17) is 9.84 Å². The Balaban J connectivity index is 1.76. The van der Waals surface area contributed by atoms with Gasteiger partial charge in [0.25, 0.3) is 0 Å². The highest BCUT2D eigenvalue weighted by Crippen LogP contribution is 2.31. The first-order valence-electron chi connectivity index (χ1n) is 8.74. The van der Waals surface area contributed by atoms with E-state index in [2.05, 4.69) is 11.4 Å². The van der Waals surface area contributed by atoms with Gasteiger partial charge in [0.1, 0.15) is 5.75 Å². The number of rotatable bonds is 6. The summed E-state index contributed by atoms with van der Waals surface area (Å²) in [7, 11) is 0. The van der Waals surface area contributed by atoms with E-state index in [1.54, 1.807) is 4.90 Å². The third-order valence-corrected chi connectivity index (χ3v) is 4.29. The number of ether oxygens (including phenoxy) is 1. The third-order valence-electron chi connectivity index (χ3n) is 4.29. The van der Waals surface area contributed by atoms with Gasteiger partial charge in [-0.1, -0.05) is 25.1 Å². The summed E-state index contributed by atoms with van der Waals surface area (Å²) in [5, 5.41) is 12.0. The fraction of sp³-hybridized carbons (Fsp3) is 0.350. The minimum absolute atomic E-state index is 0.0370. The summed E-state index contributed by atoms with van der Waals surface area (Å²) in [6, 6.07) is 13.8. The zero-order valence-corrected chi connectivity index (χ0v) is 14.5. The Labute approximate surface area is 148 Å². The van der Waals surface area contributed by atoms with Crippen molar-refractivity contribution in [2.75, 3.05) is 31.6 Å². The predicted molar refractivity (Wildman–Crippen MR) is 99.0 cm³/mol. The molecule has 0 unspecified atom stereocenters. The Bertz CT molecular complexity index is 739. The number of benzene rings is 2. The van der Waals surface area contributed by atoms with Crippen molar-refractivity contribution in [2.24, 2.45) is 0 Å². The van der Waals surface area contributed by atoms with Crippen molar-refractivity contribution in [3.63, 3.8) is 0 Å². The van der Waals surface area contributed by atoms with Crippen LogP contribution in [0, 0.1) is 0 Å². The molecule has 2 aromatic carbocycles. The average molecular weight is 340 g/mol. The Morgan fingerprint density at radius 2 is 2.04 bits per heavy atom. The zero-order chi connectivity index (χ0) is 17.6. The van der Waals surface area contributed by atoms with Crippen LogP contribution in [0.5, 0.6) is 5.75 Å². The first-order chi connectivity index (χ1) is 12.2. The standard InChI is InChI=1S/C20H24N2O3/c1-2-9-22(10-11-23)20(24)21-18-5-3-4-15(14-18)16-6-7-19-17(13-16)8-12-25-19/h3-7,13-14,23H,2,8-12H2,1H3,(H,21,24). The van der Waals surface area contributed by atoms with Crippen LogP contribution in [0.15, 0.2) is 42.5 Å². The molecule has 0 saturated carbocycles. The van der Waals surface area contributed by atoms with E-state index in [-0.39, 0.29) is 12.6 Å². The highest BCUT2D eigenvalue weighted by molar-refractivity contribution is 5.90. The molecule has 3 rings (SSSR count). The molecule has 2 amide bonds. The molecular formula is C20H24N2O3. The first-order valence-corrected chi connectivity index (χ1v) is 8.74. The lowest BCUT2D eigenvalue weighted by molar-refractivity contribution is 0.188. The van der Waals surface area contributed by atoms with Crippen LogP contribution in [-0.2, 0) is 6.42 Å². The number of amides is 2. The van der Waals surface area contributed by atoms with Gasteiger partial charge >= 0.3 is 6.03 Å². The molecule has 2 N–H and O–H groups in total. The molecule has 1 aliphatic heterocycles. The van der Waals surface area contributed by atoms with Gasteiger partial charge in [-0.15, -0.1) is 0 Å². The number of anilines is 1. The van der Waals surface area contributed by atoms with E-state index in [0.29, 0.717) is 13.1 Å². The molecule has 0 aromatic heterocycles. The molecule has 1 aliphatic rings. The number of nitrogens with one attached hydrogen (secondary N) is 1. The topological polar surface area (TPSA) is 61.8 Å². The van der Waals surface area contributed by atoms with Gasteiger partial charge < -0.3 is 20.1 Å². The molecule has 5 nitrogen and oxygen atoms in total. The lowest BCUT2D eigenvalue weighted by Gasteiger charge is -2.21. The maximum absolute atomic E-state index is 12.4. The van der Waals surface area contributed by atoms with Crippen LogP contribution < -0.4 is 10.1 Å². The number of urea groups is 1. The summed E-state index contributed by atoms with van der Waals surface area (Å²) in [4.78, 5) is 14.0. The minimum Gasteiger partial charge on any atom is -0.493 e. The molecular weight excluding hydrogens is 316 g/mol. The SMILES string of the molecule is CCCN(CCO)C(=O)Nc1cccc(-c2ccc3c(c2)CCO3)c1. The van der Waals surface area contributed by atoms with Crippen molar-refractivity contribution < 1.29 is 14.6 Å². The van der Waals surface area contributed by atoms with E-state index >= 15 is 0 Å². The van der Waals surface area contributed by atoms with Crippen molar-refractivity contribution in [3.05, 3.63) is 48.0 Å². The summed E-state index contributed by atoms with van der Waals surface area (Å²) in [5.74, 6) is 0.965. The van der Waals surface area contributed by atoms with Crippen LogP contribution in [0.25, 0.3) is 11.1 Å². The number of hydrogen-bond acceptors (Lipinski definition) is 3. The van der Waals surface area contributed by atoms with Crippen molar-refractivity contribution >= 4 is 11.7 Å². The molecule has 0 saturated heterocycles. The fourth-order valence-corrected chi connectivity index (χ4v) is 3.05. The third kappa shape index (κ3) is 4.12. The lowest BCUT2D eigenvalue weighted by atomic mass is 10.0. The van der Waals surface area contributed by atoms with Crippen LogP contribution in [0.1, 0.15) is 18.9 Å². The van der Waals surface area contributed by atoms with Crippen molar-refractivity contribution in [1.82, 2.24) is 4.90 Å². The van der Waals surface area contributed by atoms with Gasteiger partial charge in [-0.2, -0.15) is 0 Å². The summed E-state index contributed by atoms with van der Waals surface area (Å²) in [6.45, 7) is 3.68. The quantitative estimate of drug-likeness (QED) is 0.846. The monoisotopic (exact) mass is 340 g/mol. The van der Waals surface area contributed by atoms with Gasteiger partial charge in [-0.25, -0.2) is 4.79 Å². The van der Waals surface area contributed by atoms with Crippen LogP contribution in [0.2, 0.25) is 0 Å². The smallest absolute Gasteiger partial charge is 0.321 e. The van der Waals surface area contributed by atoms with Gasteiger partial charge in [-0.3, -0.25) is 0 Å². The van der Waals surface area contributed by atoms with E-state index in [1.165, 1.54) is 5.56 Å². The minimum atomic E-state index is -0.185. The fourth-order valence-electron chi connectivity index (χ4n) is 3.05. The van der Waals surface area contributed by atoms with Gasteiger partial charge in [0.05, 0.1) is 13.2 Å². The van der Waals surface area contributed by atoms with Gasteiger partial charge in [-0.05, 0) is 47.4 Å². The second-order valence-corrected chi connectivity index (χ2v) is 6.14. The number of aliphatic hydroxyl groups excluding tert-OH is 1. The van der Waals surface area contributed by atoms with E-state index in [1.807, 2.05) is 43.3 Å². The number of carbonyl (C=O) groups excluding carboxylic acids is 1. The lowest BCUT2D eigenvalue weighted by Crippen LogP contribution is -2.37. The highest BCUT2D eigenvalue weighted by Gasteiger charge is 2.14. The van der Waals surface area contributed by atoms with Crippen LogP contribution in [0.4, 0.5) is 10.5 Å². The largest absolute Gasteiger partial charge is 0.493 e. The molecule has 132 valence electrons. The maximum atomic E-state index is 12.4. The van der Waals surface area contributed by atoms with Crippen molar-refractivity contribution in [2.45, 2.75) is 19.8 Å². The van der Waals surface area contributed by atoms with Crippen LogP contribution in [-0.4, -0.2) is 42.3 Å². The average Bonchev–Trinajstić information content (AvgIpc) is 3.09. The van der Waals surface area contributed by atoms with Crippen LogP contribution >= 0.6 is 0 Å².